The van der Waals surface area contributed by atoms with E-state index in [4.69, 9.17) is 0 Å². The van der Waals surface area contributed by atoms with E-state index in [0.717, 1.165) is 0 Å². The maximum absolute atomic E-state index is 2.68. The second kappa shape index (κ2) is 6.50. The Morgan fingerprint density at radius 3 is 1.46 bits per heavy atom. The summed E-state index contributed by atoms with van der Waals surface area (Å²) in [5.74, 6) is 0. The Hall–Kier alpha value is -0.212. The van der Waals surface area contributed by atoms with Crippen molar-refractivity contribution in [2.24, 2.45) is 0 Å². The standard InChI is InChI=1S/C19H34SSi4/c1-21(2,3)24(22(4,5)6,23(7,8)9)19-16-15-18(20-19)17-13-11-10-12-14-17/h10-16H,1-9H3. The molecule has 0 atom stereocenters. The molecule has 1 aromatic carbocycles. The van der Waals surface area contributed by atoms with Gasteiger partial charge in [0.15, 0.2) is 0 Å². The summed E-state index contributed by atoms with van der Waals surface area (Å²) in [5.41, 5.74) is 1.39. The van der Waals surface area contributed by atoms with Gasteiger partial charge in [0, 0.05) is 27.7 Å². The van der Waals surface area contributed by atoms with Crippen LogP contribution in [0.15, 0.2) is 42.5 Å². The van der Waals surface area contributed by atoms with E-state index in [-0.39, 0.29) is 0 Å². The lowest BCUT2D eigenvalue weighted by atomic mass is 10.2. The van der Waals surface area contributed by atoms with Crippen LogP contribution in [0.25, 0.3) is 10.4 Å². The van der Waals surface area contributed by atoms with Crippen molar-refractivity contribution in [1.29, 1.82) is 0 Å². The highest BCUT2D eigenvalue weighted by atomic mass is 32.1. The molecule has 0 fully saturated rings. The van der Waals surface area contributed by atoms with Gasteiger partial charge in [-0.1, -0.05) is 95.3 Å². The molecular weight excluding hydrogens is 373 g/mol. The highest BCUT2D eigenvalue weighted by Crippen LogP contribution is 2.39. The molecule has 0 aliphatic carbocycles. The van der Waals surface area contributed by atoms with Crippen LogP contribution in [0.2, 0.25) is 58.9 Å². The zero-order chi connectivity index (χ0) is 18.4. The lowest BCUT2D eigenvalue weighted by Crippen LogP contribution is -2.87. The Morgan fingerprint density at radius 1 is 0.583 bits per heavy atom. The summed E-state index contributed by atoms with van der Waals surface area (Å²) >= 11 is 2.14. The maximum atomic E-state index is 2.68. The molecule has 24 heavy (non-hydrogen) atoms. The summed E-state index contributed by atoms with van der Waals surface area (Å²) in [7, 11) is -3.79. The number of benzene rings is 1. The fourth-order valence-electron chi connectivity index (χ4n) is 5.78. The van der Waals surface area contributed by atoms with E-state index in [1.54, 1.807) is 0 Å². The third-order valence-electron chi connectivity index (χ3n) is 5.41. The second-order valence-corrected chi connectivity index (χ2v) is 51.8. The molecule has 0 spiro atoms. The lowest BCUT2D eigenvalue weighted by molar-refractivity contribution is 1.70. The largest absolute Gasteiger partial charge is 0.146 e. The number of hydrogen-bond acceptors (Lipinski definition) is 1. The van der Waals surface area contributed by atoms with Crippen molar-refractivity contribution in [3.05, 3.63) is 42.5 Å². The summed E-state index contributed by atoms with van der Waals surface area (Å²) in [4.78, 5) is 1.47. The van der Waals surface area contributed by atoms with E-state index < -0.39 is 29.4 Å². The molecule has 0 bridgehead atoms. The van der Waals surface area contributed by atoms with Gasteiger partial charge in [0.05, 0.1) is 6.63 Å². The normalized spacial score (nSPS) is 14.0. The van der Waals surface area contributed by atoms with Crippen molar-refractivity contribution in [2.75, 3.05) is 0 Å². The molecule has 132 valence electrons. The van der Waals surface area contributed by atoms with Gasteiger partial charge in [-0.05, 0) is 16.1 Å². The fraction of sp³-hybridized carbons (Fsp3) is 0.474. The van der Waals surface area contributed by atoms with E-state index in [2.05, 4.69) is 113 Å². The van der Waals surface area contributed by atoms with Gasteiger partial charge in [-0.3, -0.25) is 0 Å². The zero-order valence-electron chi connectivity index (χ0n) is 16.9. The SMILES string of the molecule is C[Si](C)(C)[Si](c1ccc(-c2ccccc2)s1)([Si](C)(C)C)[Si](C)(C)C. The monoisotopic (exact) mass is 406 g/mol. The fourth-order valence-corrected chi connectivity index (χ4v) is 115. The molecule has 0 unspecified atom stereocenters. The summed E-state index contributed by atoms with van der Waals surface area (Å²) in [6.07, 6.45) is 0. The summed E-state index contributed by atoms with van der Waals surface area (Å²) in [5, 5.41) is 0. The average Bonchev–Trinajstić information content (AvgIpc) is 2.84. The predicted molar refractivity (Wildman–Crippen MR) is 125 cm³/mol. The summed E-state index contributed by atoms with van der Waals surface area (Å²) in [6, 6.07) is 15.9. The second-order valence-electron chi connectivity index (χ2n) is 10.0. The van der Waals surface area contributed by atoms with E-state index in [9.17, 15) is 0 Å². The minimum Gasteiger partial charge on any atom is -0.146 e. The van der Waals surface area contributed by atoms with E-state index in [0.29, 0.717) is 0 Å². The van der Waals surface area contributed by atoms with Gasteiger partial charge in [-0.2, -0.15) is 0 Å². The summed E-state index contributed by atoms with van der Waals surface area (Å²) < 4.78 is 1.83. The third-order valence-corrected chi connectivity index (χ3v) is 80.0. The number of hydrogen-bond donors (Lipinski definition) is 0. The van der Waals surface area contributed by atoms with Crippen LogP contribution in [0, 0.1) is 0 Å². The van der Waals surface area contributed by atoms with Crippen LogP contribution in [0.4, 0.5) is 0 Å². The van der Waals surface area contributed by atoms with Gasteiger partial charge in [0.2, 0.25) is 0 Å². The van der Waals surface area contributed by atoms with E-state index in [1.165, 1.54) is 10.4 Å². The van der Waals surface area contributed by atoms with Crippen LogP contribution in [-0.4, -0.2) is 29.4 Å². The average molecular weight is 407 g/mol. The lowest BCUT2D eigenvalue weighted by Gasteiger charge is -2.56. The molecule has 0 aliphatic heterocycles. The highest BCUT2D eigenvalue weighted by Gasteiger charge is 2.63. The molecule has 2 rings (SSSR count). The molecule has 0 aliphatic rings. The van der Waals surface area contributed by atoms with Gasteiger partial charge in [-0.15, -0.1) is 11.3 Å². The maximum Gasteiger partial charge on any atom is 0.0806 e. The number of rotatable bonds is 5. The highest BCUT2D eigenvalue weighted by molar-refractivity contribution is 7.94. The molecule has 2 aromatic rings. The van der Waals surface area contributed by atoms with Crippen LogP contribution in [0.1, 0.15) is 0 Å². The first kappa shape index (κ1) is 20.1. The van der Waals surface area contributed by atoms with E-state index >= 15 is 0 Å². The third kappa shape index (κ3) is 3.25. The molecule has 0 nitrogen and oxygen atoms in total. The molecule has 0 N–H and O–H groups in total. The van der Waals surface area contributed by atoms with Crippen molar-refractivity contribution in [3.8, 4) is 10.4 Å². The molecule has 0 radical (unpaired) electrons. The van der Waals surface area contributed by atoms with E-state index in [1.807, 2.05) is 4.50 Å². The van der Waals surface area contributed by atoms with Crippen LogP contribution >= 0.6 is 11.3 Å². The van der Waals surface area contributed by atoms with Crippen molar-refractivity contribution < 1.29 is 0 Å². The minimum absolute atomic E-state index is 1.26. The molecule has 0 saturated carbocycles. The van der Waals surface area contributed by atoms with Crippen LogP contribution in [-0.2, 0) is 0 Å². The summed E-state index contributed by atoms with van der Waals surface area (Å²) in [6.45, 7) is 22.7. The van der Waals surface area contributed by atoms with Gasteiger partial charge >= 0.3 is 0 Å². The van der Waals surface area contributed by atoms with Crippen molar-refractivity contribution in [2.45, 2.75) is 58.9 Å². The Kier molecular flexibility index (Phi) is 5.45. The molecule has 5 heteroatoms. The minimum atomic E-state index is -1.45. The molecule has 0 amide bonds. The van der Waals surface area contributed by atoms with Crippen molar-refractivity contribution >= 4 is 45.2 Å². The Morgan fingerprint density at radius 2 is 1.04 bits per heavy atom. The Labute approximate surface area is 156 Å². The molecular formula is C19H34SSi4. The zero-order valence-corrected chi connectivity index (χ0v) is 21.8. The predicted octanol–water partition coefficient (Wildman–Crippen LogP) is 6.32. The Balaban J connectivity index is 2.73. The first-order valence-electron chi connectivity index (χ1n) is 8.98. The topological polar surface area (TPSA) is 0 Å². The quantitative estimate of drug-likeness (QED) is 0.509. The van der Waals surface area contributed by atoms with Crippen LogP contribution in [0.5, 0.6) is 0 Å². The molecule has 0 saturated heterocycles. The van der Waals surface area contributed by atoms with Crippen LogP contribution < -0.4 is 4.50 Å². The molecule has 1 aromatic heterocycles. The number of thiophene rings is 1. The first-order chi connectivity index (χ1) is 10.8. The molecule has 1 heterocycles. The van der Waals surface area contributed by atoms with Gasteiger partial charge < -0.3 is 0 Å². The van der Waals surface area contributed by atoms with Crippen LogP contribution in [0.3, 0.4) is 0 Å². The van der Waals surface area contributed by atoms with Gasteiger partial charge in [0.1, 0.15) is 0 Å². The van der Waals surface area contributed by atoms with Gasteiger partial charge in [0.25, 0.3) is 0 Å². The smallest absolute Gasteiger partial charge is 0.0806 e. The van der Waals surface area contributed by atoms with Crippen molar-refractivity contribution in [3.63, 3.8) is 0 Å². The Bertz CT molecular complexity index is 649. The van der Waals surface area contributed by atoms with Gasteiger partial charge in [-0.25, -0.2) is 0 Å². The first-order valence-corrected chi connectivity index (χ1v) is 25.3. The van der Waals surface area contributed by atoms with Crippen molar-refractivity contribution in [1.82, 2.24) is 0 Å².